The largest absolute Gasteiger partial charge is 0.387 e. The number of benzene rings is 1. The summed E-state index contributed by atoms with van der Waals surface area (Å²) in [6, 6.07) is 14.3. The molecule has 1 aliphatic carbocycles. The maximum Gasteiger partial charge on any atom is 0.253 e. The van der Waals surface area contributed by atoms with E-state index in [1.165, 1.54) is 5.56 Å². The summed E-state index contributed by atoms with van der Waals surface area (Å²) in [5.41, 5.74) is 3.96. The van der Waals surface area contributed by atoms with Crippen LogP contribution in [0.3, 0.4) is 0 Å². The minimum absolute atomic E-state index is 0.0310. The number of rotatable bonds is 8. The van der Waals surface area contributed by atoms with Gasteiger partial charge in [0.2, 0.25) is 0 Å². The minimum Gasteiger partial charge on any atom is -0.387 e. The maximum absolute atomic E-state index is 12.7. The molecule has 2 heterocycles. The molecule has 168 valence electrons. The Kier molecular flexibility index (Phi) is 7.51. The fourth-order valence-corrected chi connectivity index (χ4v) is 4.56. The summed E-state index contributed by atoms with van der Waals surface area (Å²) < 4.78 is 0. The smallest absolute Gasteiger partial charge is 0.253 e. The number of hydrogen-bond donors (Lipinski definition) is 2. The van der Waals surface area contributed by atoms with Crippen LogP contribution in [0.15, 0.2) is 72.5 Å². The highest BCUT2D eigenvalue weighted by atomic mass is 16.3. The van der Waals surface area contributed by atoms with Crippen LogP contribution in [0.25, 0.3) is 0 Å². The summed E-state index contributed by atoms with van der Waals surface area (Å²) in [6.45, 7) is 0.638. The molecule has 2 N–H and O–H groups in total. The second-order valence-corrected chi connectivity index (χ2v) is 8.87. The van der Waals surface area contributed by atoms with Gasteiger partial charge in [-0.3, -0.25) is 9.78 Å². The number of aliphatic hydroxyl groups excluding tert-OH is 1. The molecule has 0 radical (unpaired) electrons. The van der Waals surface area contributed by atoms with Gasteiger partial charge in [0.15, 0.2) is 0 Å². The molecule has 5 nitrogen and oxygen atoms in total. The summed E-state index contributed by atoms with van der Waals surface area (Å²) in [7, 11) is 1.84. The van der Waals surface area contributed by atoms with Crippen molar-refractivity contribution in [3.8, 4) is 0 Å². The van der Waals surface area contributed by atoms with Crippen LogP contribution in [0.5, 0.6) is 0 Å². The van der Waals surface area contributed by atoms with E-state index in [0.717, 1.165) is 49.8 Å². The molecule has 0 bridgehead atoms. The van der Waals surface area contributed by atoms with Gasteiger partial charge in [0.05, 0.1) is 6.10 Å². The first-order chi connectivity index (χ1) is 15.6. The zero-order valence-electron chi connectivity index (χ0n) is 18.8. The molecule has 1 saturated heterocycles. The second kappa shape index (κ2) is 10.7. The number of hydrogen-bond acceptors (Lipinski definition) is 4. The molecule has 5 heteroatoms. The van der Waals surface area contributed by atoms with Crippen molar-refractivity contribution in [3.63, 3.8) is 0 Å². The second-order valence-electron chi connectivity index (χ2n) is 8.87. The standard InChI is InChI=1S/C27H33N3O2/c1-30(18-16-23-9-5-6-17-28-23)27(32)22-12-10-20(11-13-22)19-24-14-15-25(29-24)26(31)21-7-3-2-4-8-21/h3,5-13,17,24-26,29,31H,2,4,14-16,18-19H2,1H3/t24?,25-,26-/m1/s1. The summed E-state index contributed by atoms with van der Waals surface area (Å²) in [6.07, 6.45) is 13.5. The molecule has 3 atom stereocenters. The van der Waals surface area contributed by atoms with Gasteiger partial charge in [-0.2, -0.15) is 0 Å². The van der Waals surface area contributed by atoms with E-state index in [-0.39, 0.29) is 11.9 Å². The molecule has 0 saturated carbocycles. The van der Waals surface area contributed by atoms with Crippen molar-refractivity contribution in [1.82, 2.24) is 15.2 Å². The molecule has 1 amide bonds. The van der Waals surface area contributed by atoms with Crippen molar-refractivity contribution < 1.29 is 9.90 Å². The third kappa shape index (κ3) is 5.72. The van der Waals surface area contributed by atoms with Crippen molar-refractivity contribution in [2.45, 2.75) is 56.7 Å². The van der Waals surface area contributed by atoms with Gasteiger partial charge in [0.25, 0.3) is 5.91 Å². The van der Waals surface area contributed by atoms with E-state index < -0.39 is 6.10 Å². The summed E-state index contributed by atoms with van der Waals surface area (Å²) in [5, 5.41) is 14.3. The zero-order chi connectivity index (χ0) is 22.3. The van der Waals surface area contributed by atoms with E-state index in [0.29, 0.717) is 18.2 Å². The number of aromatic nitrogens is 1. The highest BCUT2D eigenvalue weighted by Gasteiger charge is 2.30. The van der Waals surface area contributed by atoms with Crippen LogP contribution in [0.4, 0.5) is 0 Å². The monoisotopic (exact) mass is 431 g/mol. The van der Waals surface area contributed by atoms with E-state index in [1.807, 2.05) is 37.4 Å². The van der Waals surface area contributed by atoms with Gasteiger partial charge in [0, 0.05) is 49.6 Å². The molecule has 1 aliphatic heterocycles. The van der Waals surface area contributed by atoms with Crippen LogP contribution >= 0.6 is 0 Å². The molecule has 2 aliphatic rings. The fraction of sp³-hybridized carbons (Fsp3) is 0.407. The van der Waals surface area contributed by atoms with Crippen molar-refractivity contribution in [2.24, 2.45) is 0 Å². The van der Waals surface area contributed by atoms with Gasteiger partial charge < -0.3 is 15.3 Å². The number of likely N-dealkylation sites (N-methyl/N-ethyl adjacent to an activating group) is 1. The van der Waals surface area contributed by atoms with Gasteiger partial charge in [0.1, 0.15) is 0 Å². The first-order valence-corrected chi connectivity index (χ1v) is 11.6. The van der Waals surface area contributed by atoms with Gasteiger partial charge in [-0.25, -0.2) is 0 Å². The van der Waals surface area contributed by atoms with Crippen molar-refractivity contribution in [2.75, 3.05) is 13.6 Å². The normalized spacial score (nSPS) is 21.2. The molecule has 0 spiro atoms. The predicted molar refractivity (Wildman–Crippen MR) is 127 cm³/mol. The van der Waals surface area contributed by atoms with E-state index >= 15 is 0 Å². The highest BCUT2D eigenvalue weighted by molar-refractivity contribution is 5.94. The van der Waals surface area contributed by atoms with Gasteiger partial charge in [-0.05, 0) is 67.5 Å². The Labute approximate surface area is 190 Å². The van der Waals surface area contributed by atoms with Crippen LogP contribution in [0, 0.1) is 0 Å². The molecular formula is C27H33N3O2. The first-order valence-electron chi connectivity index (χ1n) is 11.6. The topological polar surface area (TPSA) is 65.5 Å². The molecule has 1 aromatic carbocycles. The average molecular weight is 432 g/mol. The molecule has 4 rings (SSSR count). The lowest BCUT2D eigenvalue weighted by Crippen LogP contribution is -2.40. The van der Waals surface area contributed by atoms with Gasteiger partial charge >= 0.3 is 0 Å². The number of aliphatic hydroxyl groups is 1. The van der Waals surface area contributed by atoms with Gasteiger partial charge in [-0.1, -0.05) is 36.4 Å². The number of pyridine rings is 1. The number of carbonyl (C=O) groups excluding carboxylic acids is 1. The average Bonchev–Trinajstić information content (AvgIpc) is 3.31. The molecule has 1 unspecified atom stereocenters. The number of nitrogens with zero attached hydrogens (tertiary/aromatic N) is 2. The van der Waals surface area contributed by atoms with E-state index in [9.17, 15) is 9.90 Å². The first kappa shape index (κ1) is 22.4. The molecule has 32 heavy (non-hydrogen) atoms. The van der Waals surface area contributed by atoms with Crippen LogP contribution in [0.2, 0.25) is 0 Å². The van der Waals surface area contributed by atoms with Crippen molar-refractivity contribution in [3.05, 3.63) is 89.3 Å². The summed E-state index contributed by atoms with van der Waals surface area (Å²) in [5.74, 6) is 0.0310. The molecule has 1 fully saturated rings. The summed E-state index contributed by atoms with van der Waals surface area (Å²) >= 11 is 0. The Balaban J connectivity index is 1.27. The highest BCUT2D eigenvalue weighted by Crippen LogP contribution is 2.24. The minimum atomic E-state index is -0.432. The van der Waals surface area contributed by atoms with Crippen molar-refractivity contribution >= 4 is 5.91 Å². The van der Waals surface area contributed by atoms with E-state index in [2.05, 4.69) is 40.7 Å². The van der Waals surface area contributed by atoms with Crippen LogP contribution < -0.4 is 5.32 Å². The Hall–Kier alpha value is -2.76. The Morgan fingerprint density at radius 3 is 2.75 bits per heavy atom. The van der Waals surface area contributed by atoms with Gasteiger partial charge in [-0.15, -0.1) is 0 Å². The predicted octanol–water partition coefficient (Wildman–Crippen LogP) is 3.70. The Bertz CT molecular complexity index is 953. The van der Waals surface area contributed by atoms with E-state index in [4.69, 9.17) is 0 Å². The zero-order valence-corrected chi connectivity index (χ0v) is 18.8. The quantitative estimate of drug-likeness (QED) is 0.669. The fourth-order valence-electron chi connectivity index (χ4n) is 4.56. The lowest BCUT2D eigenvalue weighted by atomic mass is 9.96. The Morgan fingerprint density at radius 1 is 1.19 bits per heavy atom. The molecular weight excluding hydrogens is 398 g/mol. The van der Waals surface area contributed by atoms with Crippen molar-refractivity contribution in [1.29, 1.82) is 0 Å². The lowest BCUT2D eigenvalue weighted by molar-refractivity contribution is 0.0796. The molecule has 1 aromatic heterocycles. The van der Waals surface area contributed by atoms with E-state index in [1.54, 1.807) is 11.1 Å². The number of carbonyl (C=O) groups is 1. The number of nitrogens with one attached hydrogen (secondary N) is 1. The maximum atomic E-state index is 12.7. The van der Waals surface area contributed by atoms with Crippen LogP contribution in [-0.4, -0.2) is 52.7 Å². The third-order valence-electron chi connectivity index (χ3n) is 6.48. The number of amides is 1. The SMILES string of the molecule is CN(CCc1ccccn1)C(=O)c1ccc(CC2CC[C@H]([C@H](O)C3=CCCC=C3)N2)cc1. The van der Waals surface area contributed by atoms with Crippen LogP contribution in [-0.2, 0) is 12.8 Å². The van der Waals surface area contributed by atoms with Crippen LogP contribution in [0.1, 0.15) is 47.3 Å². The number of allylic oxidation sites excluding steroid dienone is 2. The molecule has 2 aromatic rings. The summed E-state index contributed by atoms with van der Waals surface area (Å²) in [4.78, 5) is 18.8. The third-order valence-corrected chi connectivity index (χ3v) is 6.48. The Morgan fingerprint density at radius 2 is 2.03 bits per heavy atom. The lowest BCUT2D eigenvalue weighted by Gasteiger charge is -2.22.